The van der Waals surface area contributed by atoms with Crippen LogP contribution >= 0.6 is 0 Å². The van der Waals surface area contributed by atoms with E-state index in [1.807, 2.05) is 53.2 Å². The molecule has 11 heteroatoms. The second-order valence-electron chi connectivity index (χ2n) is 7.56. The minimum Gasteiger partial charge on any atom is -0.741 e. The number of benzene rings is 2. The first kappa shape index (κ1) is 23.8. The number of halogens is 3. The van der Waals surface area contributed by atoms with Crippen LogP contribution in [0.3, 0.4) is 0 Å². The summed E-state index contributed by atoms with van der Waals surface area (Å²) in [5.41, 5.74) is -3.57. The van der Waals surface area contributed by atoms with Gasteiger partial charge in [-0.05, 0) is 24.3 Å². The fourth-order valence-electron chi connectivity index (χ4n) is 2.36. The van der Waals surface area contributed by atoms with Crippen molar-refractivity contribution in [3.63, 3.8) is 0 Å². The maximum atomic E-state index is 10.7. The van der Waals surface area contributed by atoms with E-state index in [4.69, 9.17) is 22.5 Å². The fourth-order valence-corrected chi connectivity index (χ4v) is 3.48. The molecule has 0 fully saturated rings. The summed E-state index contributed by atoms with van der Waals surface area (Å²) in [5, 5.41) is 4.73. The summed E-state index contributed by atoms with van der Waals surface area (Å²) in [5.74, 6) is 1.51. The first-order chi connectivity index (χ1) is 13.8. The van der Waals surface area contributed by atoms with Crippen molar-refractivity contribution >= 4 is 18.2 Å². The molecule has 1 heterocycles. The summed E-state index contributed by atoms with van der Waals surface area (Å²) in [7, 11) is -7.40. The monoisotopic (exact) mass is 458 g/mol. The third kappa shape index (κ3) is 6.78. The van der Waals surface area contributed by atoms with Crippen molar-refractivity contribution in [2.24, 2.45) is 0 Å². The van der Waals surface area contributed by atoms with Crippen LogP contribution in [-0.2, 0) is 16.3 Å². The molecule has 0 radical (unpaired) electrons. The van der Waals surface area contributed by atoms with Gasteiger partial charge in [-0.25, -0.2) is 8.42 Å². The Balaban J connectivity index is 0.000000343. The van der Waals surface area contributed by atoms with Crippen LogP contribution in [0.5, 0.6) is 0 Å². The minimum atomic E-state index is -6.09. The summed E-state index contributed by atoms with van der Waals surface area (Å²) in [6.45, 7) is 7.02. The van der Waals surface area contributed by atoms with Crippen molar-refractivity contribution in [3.05, 3.63) is 60.7 Å². The zero-order chi connectivity index (χ0) is 22.6. The molecule has 0 bridgehead atoms. The Bertz CT molecular complexity index is 1060. The van der Waals surface area contributed by atoms with Crippen molar-refractivity contribution in [1.82, 2.24) is 5.10 Å². The van der Waals surface area contributed by atoms with Crippen LogP contribution in [0.25, 0.3) is 22.9 Å². The maximum Gasteiger partial charge on any atom is 0.485 e. The van der Waals surface area contributed by atoms with Gasteiger partial charge < -0.3 is 8.97 Å². The summed E-state index contributed by atoms with van der Waals surface area (Å²) < 4.78 is 67.0. The van der Waals surface area contributed by atoms with Crippen LogP contribution in [0.2, 0.25) is 19.6 Å². The Morgan fingerprint density at radius 1 is 0.967 bits per heavy atom. The van der Waals surface area contributed by atoms with Crippen molar-refractivity contribution in [2.75, 3.05) is 0 Å². The lowest BCUT2D eigenvalue weighted by Crippen LogP contribution is -2.48. The number of rotatable bonds is 4. The average Bonchev–Trinajstić information content (AvgIpc) is 3.04. The lowest BCUT2D eigenvalue weighted by molar-refractivity contribution is -0.728. The Labute approximate surface area is 173 Å². The van der Waals surface area contributed by atoms with Crippen LogP contribution in [0.4, 0.5) is 13.2 Å². The Morgan fingerprint density at radius 2 is 1.40 bits per heavy atom. The van der Waals surface area contributed by atoms with E-state index in [1.54, 1.807) is 0 Å². The van der Waals surface area contributed by atoms with Crippen LogP contribution in [0, 0.1) is 0 Å². The van der Waals surface area contributed by atoms with E-state index in [0.29, 0.717) is 5.89 Å². The summed E-state index contributed by atoms with van der Waals surface area (Å²) in [4.78, 5) is 0. The molecule has 0 N–H and O–H groups in total. The van der Waals surface area contributed by atoms with Gasteiger partial charge in [-0.3, -0.25) is 0 Å². The van der Waals surface area contributed by atoms with E-state index >= 15 is 0 Å². The van der Waals surface area contributed by atoms with Crippen LogP contribution in [-0.4, -0.2) is 31.7 Å². The van der Waals surface area contributed by atoms with Crippen molar-refractivity contribution in [2.45, 2.75) is 31.3 Å². The molecule has 0 aliphatic heterocycles. The first-order valence-corrected chi connectivity index (χ1v) is 13.9. The minimum absolute atomic E-state index is 0.678. The number of hydrogen-bond acceptors (Lipinski definition) is 5. The molecule has 1 aromatic heterocycles. The first-order valence-electron chi connectivity index (χ1n) is 8.82. The van der Waals surface area contributed by atoms with Crippen LogP contribution < -0.4 is 4.68 Å². The molecule has 3 aromatic rings. The number of hydrogen-bond donors (Lipinski definition) is 0. The second-order valence-corrected chi connectivity index (χ2v) is 14.4. The van der Waals surface area contributed by atoms with Crippen molar-refractivity contribution < 1.29 is 35.2 Å². The molecule has 0 unspecified atom stereocenters. The van der Waals surface area contributed by atoms with Crippen molar-refractivity contribution in [1.29, 1.82) is 0 Å². The number of aromatic nitrogens is 2. The highest BCUT2D eigenvalue weighted by atomic mass is 32.2. The standard InChI is InChI=1S/C18H21N2OSi.CHF3O3S/c1-22(2,3)14-20-18(16-12-8-5-9-13-16)21-17(19-20)15-10-6-4-7-11-15;2-1(3,4)8(5,6)7/h4-13H,14H2,1-3H3;(H,5,6,7)/q+1;/p-1. The van der Waals surface area contributed by atoms with Crippen molar-refractivity contribution in [3.8, 4) is 22.9 Å². The Morgan fingerprint density at radius 3 is 1.80 bits per heavy atom. The van der Waals surface area contributed by atoms with Crippen LogP contribution in [0.1, 0.15) is 0 Å². The molecule has 0 aliphatic carbocycles. The highest BCUT2D eigenvalue weighted by Gasteiger charge is 2.37. The van der Waals surface area contributed by atoms with Gasteiger partial charge in [-0.1, -0.05) is 60.7 Å². The SMILES string of the molecule is C[Si](C)(C)C[n+]1nc(-c2ccccc2)oc1-c1ccccc1.O=S(=O)([O-])C(F)(F)F. The Kier molecular flexibility index (Phi) is 7.21. The molecule has 0 aliphatic rings. The predicted octanol–water partition coefficient (Wildman–Crippen LogP) is 4.22. The third-order valence-corrected chi connectivity index (χ3v) is 5.40. The molecular formula is C19H21F3N2O4SSi. The molecule has 0 atom stereocenters. The number of nitrogens with zero attached hydrogens (tertiary/aromatic N) is 2. The largest absolute Gasteiger partial charge is 0.741 e. The normalized spacial score (nSPS) is 12.2. The lowest BCUT2D eigenvalue weighted by atomic mass is 10.2. The highest BCUT2D eigenvalue weighted by Crippen LogP contribution is 2.23. The highest BCUT2D eigenvalue weighted by molar-refractivity contribution is 7.86. The maximum absolute atomic E-state index is 10.7. The van der Waals surface area contributed by atoms with Gasteiger partial charge in [-0.15, -0.1) is 0 Å². The van der Waals surface area contributed by atoms with E-state index in [9.17, 15) is 13.2 Å². The van der Waals surface area contributed by atoms with Gasteiger partial charge in [0.2, 0.25) is 0 Å². The fraction of sp³-hybridized carbons (Fsp3) is 0.263. The zero-order valence-corrected chi connectivity index (χ0v) is 18.4. The zero-order valence-electron chi connectivity index (χ0n) is 16.6. The average molecular weight is 459 g/mol. The van der Waals surface area contributed by atoms with Gasteiger partial charge in [0, 0.05) is 10.7 Å². The van der Waals surface area contributed by atoms with Gasteiger partial charge in [0.05, 0.1) is 5.56 Å². The van der Waals surface area contributed by atoms with E-state index in [0.717, 1.165) is 23.2 Å². The molecule has 6 nitrogen and oxygen atoms in total. The summed E-state index contributed by atoms with van der Waals surface area (Å²) in [6.07, 6.45) is 0.938. The van der Waals surface area contributed by atoms with Crippen LogP contribution in [0.15, 0.2) is 65.1 Å². The third-order valence-electron chi connectivity index (χ3n) is 3.59. The van der Waals surface area contributed by atoms with Gasteiger partial charge in [0.25, 0.3) is 5.89 Å². The molecule has 0 amide bonds. The molecule has 3 rings (SSSR count). The number of alkyl halides is 3. The quantitative estimate of drug-likeness (QED) is 0.253. The molecule has 0 saturated carbocycles. The predicted molar refractivity (Wildman–Crippen MR) is 107 cm³/mol. The molecule has 162 valence electrons. The van der Waals surface area contributed by atoms with Gasteiger partial charge in [0.1, 0.15) is 8.07 Å². The molecule has 0 saturated heterocycles. The van der Waals surface area contributed by atoms with E-state index in [-0.39, 0.29) is 0 Å². The summed E-state index contributed by atoms with van der Waals surface area (Å²) >= 11 is 0. The smallest absolute Gasteiger partial charge is 0.485 e. The molecule has 2 aromatic carbocycles. The topological polar surface area (TPSA) is 87.1 Å². The van der Waals surface area contributed by atoms with E-state index in [2.05, 4.69) is 31.8 Å². The Hall–Kier alpha value is -2.50. The van der Waals surface area contributed by atoms with Gasteiger partial charge in [-0.2, -0.15) is 13.2 Å². The lowest BCUT2D eigenvalue weighted by Gasteiger charge is -2.08. The van der Waals surface area contributed by atoms with E-state index in [1.165, 1.54) is 0 Å². The van der Waals surface area contributed by atoms with E-state index < -0.39 is 23.7 Å². The molecule has 30 heavy (non-hydrogen) atoms. The second kappa shape index (κ2) is 9.10. The van der Waals surface area contributed by atoms with Gasteiger partial charge in [0.15, 0.2) is 16.3 Å². The van der Waals surface area contributed by atoms with Gasteiger partial charge >= 0.3 is 11.4 Å². The molecule has 0 spiro atoms. The molecular weight excluding hydrogens is 437 g/mol. The summed E-state index contributed by atoms with van der Waals surface area (Å²) in [6, 6.07) is 20.3.